The van der Waals surface area contributed by atoms with E-state index in [1.165, 1.54) is 25.7 Å². The number of nitrogens with one attached hydrogen (secondary N) is 2. The monoisotopic (exact) mass is 292 g/mol. The summed E-state index contributed by atoms with van der Waals surface area (Å²) < 4.78 is 0. The van der Waals surface area contributed by atoms with Gasteiger partial charge in [-0.1, -0.05) is 19.8 Å². The SMILES string of the molecule is CCN(CC)c1nc(NC)nc(NCC2(C)CCCC2)n1. The molecule has 0 atom stereocenters. The van der Waals surface area contributed by atoms with Crippen molar-refractivity contribution in [3.63, 3.8) is 0 Å². The van der Waals surface area contributed by atoms with E-state index < -0.39 is 0 Å². The molecule has 1 aromatic heterocycles. The van der Waals surface area contributed by atoms with E-state index in [0.29, 0.717) is 17.3 Å². The lowest BCUT2D eigenvalue weighted by Crippen LogP contribution is -2.27. The first-order valence-corrected chi connectivity index (χ1v) is 8.03. The minimum absolute atomic E-state index is 0.377. The first-order chi connectivity index (χ1) is 10.1. The Bertz CT molecular complexity index is 451. The highest BCUT2D eigenvalue weighted by atomic mass is 15.3. The summed E-state index contributed by atoms with van der Waals surface area (Å²) in [5.74, 6) is 2.02. The zero-order valence-electron chi connectivity index (χ0n) is 13.7. The van der Waals surface area contributed by atoms with Gasteiger partial charge in [0.05, 0.1) is 0 Å². The molecule has 1 saturated carbocycles. The summed E-state index contributed by atoms with van der Waals surface area (Å²) in [6.45, 7) is 9.27. The molecule has 0 amide bonds. The second-order valence-corrected chi connectivity index (χ2v) is 6.08. The van der Waals surface area contributed by atoms with Crippen LogP contribution in [0.1, 0.15) is 46.5 Å². The molecule has 0 spiro atoms. The predicted octanol–water partition coefficient (Wildman–Crippen LogP) is 2.75. The lowest BCUT2D eigenvalue weighted by Gasteiger charge is -2.24. The van der Waals surface area contributed by atoms with Gasteiger partial charge < -0.3 is 15.5 Å². The fourth-order valence-corrected chi connectivity index (χ4v) is 2.90. The molecule has 1 heterocycles. The van der Waals surface area contributed by atoms with Crippen LogP contribution in [0.5, 0.6) is 0 Å². The highest BCUT2D eigenvalue weighted by molar-refractivity contribution is 5.43. The van der Waals surface area contributed by atoms with E-state index in [1.54, 1.807) is 0 Å². The predicted molar refractivity (Wildman–Crippen MR) is 88.0 cm³/mol. The molecule has 6 heteroatoms. The lowest BCUT2D eigenvalue weighted by atomic mass is 9.89. The fraction of sp³-hybridized carbons (Fsp3) is 0.800. The maximum Gasteiger partial charge on any atom is 0.231 e. The summed E-state index contributed by atoms with van der Waals surface area (Å²) >= 11 is 0. The van der Waals surface area contributed by atoms with Crippen LogP contribution in [0.3, 0.4) is 0 Å². The Labute approximate surface area is 127 Å². The minimum atomic E-state index is 0.377. The fourth-order valence-electron chi connectivity index (χ4n) is 2.90. The summed E-state index contributed by atoms with van der Waals surface area (Å²) in [4.78, 5) is 15.6. The van der Waals surface area contributed by atoms with Gasteiger partial charge in [0, 0.05) is 26.7 Å². The summed E-state index contributed by atoms with van der Waals surface area (Å²) in [5.41, 5.74) is 0.377. The van der Waals surface area contributed by atoms with Gasteiger partial charge in [-0.2, -0.15) is 15.0 Å². The average Bonchev–Trinajstić information content (AvgIpc) is 2.93. The van der Waals surface area contributed by atoms with E-state index in [2.05, 4.69) is 51.3 Å². The topological polar surface area (TPSA) is 66.0 Å². The smallest absolute Gasteiger partial charge is 0.231 e. The van der Waals surface area contributed by atoms with E-state index in [0.717, 1.165) is 25.6 Å². The van der Waals surface area contributed by atoms with Crippen LogP contribution in [-0.4, -0.2) is 41.6 Å². The Kier molecular flexibility index (Phi) is 5.20. The Morgan fingerprint density at radius 3 is 2.24 bits per heavy atom. The van der Waals surface area contributed by atoms with E-state index >= 15 is 0 Å². The maximum atomic E-state index is 4.57. The van der Waals surface area contributed by atoms with Crippen LogP contribution >= 0.6 is 0 Å². The third-order valence-corrected chi connectivity index (χ3v) is 4.38. The van der Waals surface area contributed by atoms with Crippen molar-refractivity contribution in [2.24, 2.45) is 5.41 Å². The Morgan fingerprint density at radius 1 is 1.05 bits per heavy atom. The standard InChI is InChI=1S/C15H28N6/c1-5-21(6-2)14-19-12(16-4)18-13(20-14)17-11-15(3)9-7-8-10-15/h5-11H2,1-4H3,(H2,16,17,18,19,20). The van der Waals surface area contributed by atoms with Crippen molar-refractivity contribution in [3.8, 4) is 0 Å². The van der Waals surface area contributed by atoms with Gasteiger partial charge in [-0.15, -0.1) is 0 Å². The molecule has 2 N–H and O–H groups in total. The van der Waals surface area contributed by atoms with Crippen LogP contribution in [0.15, 0.2) is 0 Å². The van der Waals surface area contributed by atoms with Crippen LogP contribution in [-0.2, 0) is 0 Å². The zero-order valence-corrected chi connectivity index (χ0v) is 13.7. The van der Waals surface area contributed by atoms with E-state index in [9.17, 15) is 0 Å². The van der Waals surface area contributed by atoms with E-state index in [4.69, 9.17) is 0 Å². The zero-order chi connectivity index (χ0) is 15.3. The minimum Gasteiger partial charge on any atom is -0.357 e. The van der Waals surface area contributed by atoms with Crippen molar-refractivity contribution >= 4 is 17.8 Å². The quantitative estimate of drug-likeness (QED) is 0.805. The number of nitrogens with zero attached hydrogens (tertiary/aromatic N) is 4. The third-order valence-electron chi connectivity index (χ3n) is 4.38. The van der Waals surface area contributed by atoms with Crippen molar-refractivity contribution in [2.45, 2.75) is 46.5 Å². The number of aromatic nitrogens is 3. The van der Waals surface area contributed by atoms with Crippen molar-refractivity contribution in [1.29, 1.82) is 0 Å². The van der Waals surface area contributed by atoms with Crippen LogP contribution in [0, 0.1) is 5.41 Å². The Hall–Kier alpha value is -1.59. The second kappa shape index (κ2) is 6.91. The van der Waals surface area contributed by atoms with Crippen LogP contribution in [0.4, 0.5) is 17.8 Å². The number of anilines is 3. The normalized spacial score (nSPS) is 16.8. The van der Waals surface area contributed by atoms with Crippen LogP contribution < -0.4 is 15.5 Å². The molecule has 6 nitrogen and oxygen atoms in total. The molecule has 0 unspecified atom stereocenters. The highest BCUT2D eigenvalue weighted by Crippen LogP contribution is 2.37. The van der Waals surface area contributed by atoms with Crippen molar-refractivity contribution < 1.29 is 0 Å². The molecular weight excluding hydrogens is 264 g/mol. The molecular formula is C15H28N6. The van der Waals surface area contributed by atoms with Crippen LogP contribution in [0.2, 0.25) is 0 Å². The molecule has 1 aliphatic rings. The average molecular weight is 292 g/mol. The summed E-state index contributed by atoms with van der Waals surface area (Å²) in [6, 6.07) is 0. The van der Waals surface area contributed by atoms with Crippen molar-refractivity contribution in [2.75, 3.05) is 42.2 Å². The van der Waals surface area contributed by atoms with Gasteiger partial charge in [0.2, 0.25) is 17.8 Å². The molecule has 0 saturated heterocycles. The second-order valence-electron chi connectivity index (χ2n) is 6.08. The molecule has 21 heavy (non-hydrogen) atoms. The summed E-state index contributed by atoms with van der Waals surface area (Å²) in [6.07, 6.45) is 5.24. The van der Waals surface area contributed by atoms with Crippen LogP contribution in [0.25, 0.3) is 0 Å². The molecule has 1 fully saturated rings. The van der Waals surface area contributed by atoms with Gasteiger partial charge in [0.1, 0.15) is 0 Å². The van der Waals surface area contributed by atoms with Gasteiger partial charge in [0.15, 0.2) is 0 Å². The molecule has 0 bridgehead atoms. The summed E-state index contributed by atoms with van der Waals surface area (Å²) in [7, 11) is 1.84. The van der Waals surface area contributed by atoms with Crippen molar-refractivity contribution in [3.05, 3.63) is 0 Å². The van der Waals surface area contributed by atoms with Gasteiger partial charge in [0.25, 0.3) is 0 Å². The number of rotatable bonds is 7. The van der Waals surface area contributed by atoms with Gasteiger partial charge >= 0.3 is 0 Å². The molecule has 0 aromatic carbocycles. The maximum absolute atomic E-state index is 4.57. The largest absolute Gasteiger partial charge is 0.357 e. The molecule has 1 aromatic rings. The van der Waals surface area contributed by atoms with Gasteiger partial charge in [-0.25, -0.2) is 0 Å². The highest BCUT2D eigenvalue weighted by Gasteiger charge is 2.28. The Morgan fingerprint density at radius 2 is 1.67 bits per heavy atom. The molecule has 1 aliphatic carbocycles. The lowest BCUT2D eigenvalue weighted by molar-refractivity contribution is 0.361. The molecule has 0 radical (unpaired) electrons. The molecule has 2 rings (SSSR count). The number of hydrogen-bond acceptors (Lipinski definition) is 6. The van der Waals surface area contributed by atoms with E-state index in [1.807, 2.05) is 7.05 Å². The first-order valence-electron chi connectivity index (χ1n) is 8.03. The third kappa shape index (κ3) is 3.95. The number of hydrogen-bond donors (Lipinski definition) is 2. The first kappa shape index (κ1) is 15.8. The molecule has 118 valence electrons. The summed E-state index contributed by atoms with van der Waals surface area (Å²) in [5, 5.41) is 6.44. The van der Waals surface area contributed by atoms with Gasteiger partial charge in [-0.3, -0.25) is 0 Å². The molecule has 0 aliphatic heterocycles. The van der Waals surface area contributed by atoms with E-state index in [-0.39, 0.29) is 0 Å². The Balaban J connectivity index is 2.12. The van der Waals surface area contributed by atoms with Gasteiger partial charge in [-0.05, 0) is 32.1 Å². The van der Waals surface area contributed by atoms with Crippen molar-refractivity contribution in [1.82, 2.24) is 15.0 Å².